The first kappa shape index (κ1) is 8.70. The zero-order chi connectivity index (χ0) is 9.42. The second kappa shape index (κ2) is 3.11. The summed E-state index contributed by atoms with van der Waals surface area (Å²) in [6.45, 7) is 2.14. The summed E-state index contributed by atoms with van der Waals surface area (Å²) in [4.78, 5) is 1.35. The van der Waals surface area contributed by atoms with Crippen molar-refractivity contribution < 1.29 is 0 Å². The molecular formula is C11H13NS. The molecule has 0 unspecified atom stereocenters. The first-order valence-corrected chi connectivity index (χ1v) is 5.55. The minimum atomic E-state index is 1.32. The zero-order valence-corrected chi connectivity index (χ0v) is 8.98. The molecule has 2 rings (SSSR count). The summed E-state index contributed by atoms with van der Waals surface area (Å²) in [7, 11) is 2.12. The lowest BCUT2D eigenvalue weighted by Gasteiger charge is -2.03. The van der Waals surface area contributed by atoms with Crippen LogP contribution in [0.4, 0.5) is 0 Å². The van der Waals surface area contributed by atoms with E-state index in [0.717, 1.165) is 0 Å². The van der Waals surface area contributed by atoms with Crippen molar-refractivity contribution in [2.75, 3.05) is 6.26 Å². The second-order valence-corrected chi connectivity index (χ2v) is 4.09. The predicted molar refractivity (Wildman–Crippen MR) is 59.4 cm³/mol. The van der Waals surface area contributed by atoms with Crippen molar-refractivity contribution in [1.82, 2.24) is 4.57 Å². The molecular weight excluding hydrogens is 178 g/mol. The molecule has 2 heteroatoms. The van der Waals surface area contributed by atoms with Crippen molar-refractivity contribution in [1.29, 1.82) is 0 Å². The maximum atomic E-state index is 2.25. The third-order valence-electron chi connectivity index (χ3n) is 2.48. The number of aryl methyl sites for hydroxylation is 2. The molecule has 1 aromatic heterocycles. The van der Waals surface area contributed by atoms with Crippen LogP contribution in [0.3, 0.4) is 0 Å². The van der Waals surface area contributed by atoms with E-state index in [1.165, 1.54) is 21.5 Å². The summed E-state index contributed by atoms with van der Waals surface area (Å²) >= 11 is 1.80. The van der Waals surface area contributed by atoms with Gasteiger partial charge in [-0.15, -0.1) is 11.8 Å². The van der Waals surface area contributed by atoms with Gasteiger partial charge in [0.05, 0.1) is 5.52 Å². The maximum absolute atomic E-state index is 2.25. The molecule has 1 aromatic carbocycles. The van der Waals surface area contributed by atoms with Gasteiger partial charge in [-0.2, -0.15) is 0 Å². The van der Waals surface area contributed by atoms with Gasteiger partial charge in [0, 0.05) is 23.0 Å². The van der Waals surface area contributed by atoms with Crippen LogP contribution < -0.4 is 0 Å². The van der Waals surface area contributed by atoms with E-state index >= 15 is 0 Å². The van der Waals surface area contributed by atoms with E-state index in [-0.39, 0.29) is 0 Å². The standard InChI is InChI=1S/C11H13NS/c1-8-7-9-5-4-6-10(13-3)11(9)12(8)2/h4-7H,1-3H3. The molecule has 68 valence electrons. The van der Waals surface area contributed by atoms with Gasteiger partial charge in [0.15, 0.2) is 0 Å². The number of nitrogens with zero attached hydrogens (tertiary/aromatic N) is 1. The van der Waals surface area contributed by atoms with Crippen molar-refractivity contribution >= 4 is 22.7 Å². The molecule has 0 N–H and O–H groups in total. The Morgan fingerprint density at radius 2 is 2.08 bits per heavy atom. The van der Waals surface area contributed by atoms with Crippen LogP contribution >= 0.6 is 11.8 Å². The number of fused-ring (bicyclic) bond motifs is 1. The van der Waals surface area contributed by atoms with E-state index in [1.807, 2.05) is 0 Å². The number of para-hydroxylation sites is 1. The number of hydrogen-bond donors (Lipinski definition) is 0. The fraction of sp³-hybridized carbons (Fsp3) is 0.273. The summed E-state index contributed by atoms with van der Waals surface area (Å²) in [5.41, 5.74) is 2.67. The summed E-state index contributed by atoms with van der Waals surface area (Å²) < 4.78 is 2.25. The fourth-order valence-electron chi connectivity index (χ4n) is 1.68. The van der Waals surface area contributed by atoms with Crippen LogP contribution in [0.2, 0.25) is 0 Å². The highest BCUT2D eigenvalue weighted by Gasteiger charge is 2.05. The smallest absolute Gasteiger partial charge is 0.0617 e. The molecule has 1 heterocycles. The van der Waals surface area contributed by atoms with Gasteiger partial charge in [-0.3, -0.25) is 0 Å². The van der Waals surface area contributed by atoms with Gasteiger partial charge < -0.3 is 4.57 Å². The van der Waals surface area contributed by atoms with E-state index in [1.54, 1.807) is 11.8 Å². The van der Waals surface area contributed by atoms with Gasteiger partial charge >= 0.3 is 0 Å². The number of thioether (sulfide) groups is 1. The molecule has 0 aliphatic carbocycles. The lowest BCUT2D eigenvalue weighted by molar-refractivity contribution is 0.909. The lowest BCUT2D eigenvalue weighted by atomic mass is 10.2. The molecule has 0 bridgehead atoms. The normalized spacial score (nSPS) is 11.0. The minimum Gasteiger partial charge on any atom is -0.347 e. The van der Waals surface area contributed by atoms with Gasteiger partial charge in [-0.1, -0.05) is 12.1 Å². The molecule has 13 heavy (non-hydrogen) atoms. The summed E-state index contributed by atoms with van der Waals surface area (Å²) in [6, 6.07) is 8.69. The lowest BCUT2D eigenvalue weighted by Crippen LogP contribution is -1.90. The van der Waals surface area contributed by atoms with Crippen LogP contribution in [-0.4, -0.2) is 10.8 Å². The minimum absolute atomic E-state index is 1.32. The Kier molecular flexibility index (Phi) is 2.08. The number of hydrogen-bond acceptors (Lipinski definition) is 1. The highest BCUT2D eigenvalue weighted by Crippen LogP contribution is 2.27. The average Bonchev–Trinajstić information content (AvgIpc) is 2.43. The summed E-state index contributed by atoms with van der Waals surface area (Å²) in [5.74, 6) is 0. The van der Waals surface area contributed by atoms with E-state index in [9.17, 15) is 0 Å². The van der Waals surface area contributed by atoms with Gasteiger partial charge in [0.1, 0.15) is 0 Å². The van der Waals surface area contributed by atoms with E-state index < -0.39 is 0 Å². The van der Waals surface area contributed by atoms with Crippen LogP contribution in [0.1, 0.15) is 5.69 Å². The fourth-order valence-corrected chi connectivity index (χ4v) is 2.34. The van der Waals surface area contributed by atoms with Crippen molar-refractivity contribution in [3.8, 4) is 0 Å². The third-order valence-corrected chi connectivity index (χ3v) is 3.25. The van der Waals surface area contributed by atoms with Crippen molar-refractivity contribution in [2.24, 2.45) is 7.05 Å². The van der Waals surface area contributed by atoms with E-state index in [2.05, 4.69) is 49.1 Å². The van der Waals surface area contributed by atoms with Gasteiger partial charge in [0.25, 0.3) is 0 Å². The molecule has 0 radical (unpaired) electrons. The largest absolute Gasteiger partial charge is 0.347 e. The van der Waals surface area contributed by atoms with Crippen LogP contribution in [-0.2, 0) is 7.05 Å². The second-order valence-electron chi connectivity index (χ2n) is 3.24. The molecule has 0 spiro atoms. The molecule has 0 atom stereocenters. The average molecular weight is 191 g/mol. The third kappa shape index (κ3) is 1.25. The topological polar surface area (TPSA) is 4.93 Å². The summed E-state index contributed by atoms with van der Waals surface area (Å²) in [6.07, 6.45) is 2.12. The maximum Gasteiger partial charge on any atom is 0.0617 e. The summed E-state index contributed by atoms with van der Waals surface area (Å²) in [5, 5.41) is 1.34. The Bertz CT molecular complexity index is 443. The van der Waals surface area contributed by atoms with Crippen LogP contribution in [0.5, 0.6) is 0 Å². The number of aromatic nitrogens is 1. The van der Waals surface area contributed by atoms with Crippen LogP contribution in [0.25, 0.3) is 10.9 Å². The van der Waals surface area contributed by atoms with Gasteiger partial charge in [-0.05, 0) is 25.3 Å². The van der Waals surface area contributed by atoms with Crippen molar-refractivity contribution in [3.05, 3.63) is 30.0 Å². The first-order valence-electron chi connectivity index (χ1n) is 4.33. The quantitative estimate of drug-likeness (QED) is 0.627. The Hall–Kier alpha value is -0.890. The highest BCUT2D eigenvalue weighted by molar-refractivity contribution is 7.98. The number of rotatable bonds is 1. The molecule has 0 saturated carbocycles. The highest BCUT2D eigenvalue weighted by atomic mass is 32.2. The molecule has 0 aliphatic rings. The van der Waals surface area contributed by atoms with E-state index in [4.69, 9.17) is 0 Å². The molecule has 0 fully saturated rings. The van der Waals surface area contributed by atoms with Crippen molar-refractivity contribution in [3.63, 3.8) is 0 Å². The SMILES string of the molecule is CSc1cccc2cc(C)n(C)c12. The Labute approximate surface area is 82.8 Å². The van der Waals surface area contributed by atoms with E-state index in [0.29, 0.717) is 0 Å². The zero-order valence-electron chi connectivity index (χ0n) is 8.16. The Morgan fingerprint density at radius 3 is 2.77 bits per heavy atom. The molecule has 0 amide bonds. The van der Waals surface area contributed by atoms with Crippen LogP contribution in [0, 0.1) is 6.92 Å². The first-order chi connectivity index (χ1) is 6.24. The predicted octanol–water partition coefficient (Wildman–Crippen LogP) is 3.21. The monoisotopic (exact) mass is 191 g/mol. The number of benzene rings is 1. The van der Waals surface area contributed by atoms with Crippen molar-refractivity contribution in [2.45, 2.75) is 11.8 Å². The molecule has 1 nitrogen and oxygen atoms in total. The Balaban J connectivity index is 2.87. The Morgan fingerprint density at radius 1 is 1.31 bits per heavy atom. The van der Waals surface area contributed by atoms with Gasteiger partial charge in [-0.25, -0.2) is 0 Å². The molecule has 0 aliphatic heterocycles. The van der Waals surface area contributed by atoms with Gasteiger partial charge in [0.2, 0.25) is 0 Å². The molecule has 2 aromatic rings. The molecule has 0 saturated heterocycles. The van der Waals surface area contributed by atoms with Crippen LogP contribution in [0.15, 0.2) is 29.2 Å².